The van der Waals surface area contributed by atoms with E-state index in [0.717, 1.165) is 5.56 Å². The molecule has 0 aromatic heterocycles. The molecule has 0 saturated heterocycles. The number of hydrogen-bond donors (Lipinski definition) is 2. The Morgan fingerprint density at radius 2 is 2.15 bits per heavy atom. The normalized spacial score (nSPS) is 10.4. The lowest BCUT2D eigenvalue weighted by Crippen LogP contribution is -2.30. The molecule has 0 saturated carbocycles. The number of likely N-dealkylation sites (N-methyl/N-ethyl adjacent to an activating group) is 1. The Hall–Kier alpha value is -1.51. The molecule has 0 radical (unpaired) electrons. The van der Waals surface area contributed by atoms with Crippen molar-refractivity contribution >= 4 is 35.8 Å². The number of aliphatic imine (C=N–C) groups is 1. The van der Waals surface area contributed by atoms with Crippen molar-refractivity contribution < 1.29 is 9.53 Å². The Bertz CT molecular complexity index is 463. The summed E-state index contributed by atoms with van der Waals surface area (Å²) in [6.07, 6.45) is 0. The minimum absolute atomic E-state index is 0. The SMILES string of the molecule is CN=C(N)NCc1cccc(OCC(=O)N(C)C)c1.I. The van der Waals surface area contributed by atoms with Crippen molar-refractivity contribution in [2.24, 2.45) is 10.7 Å². The Labute approximate surface area is 136 Å². The number of hydrogen-bond acceptors (Lipinski definition) is 3. The molecule has 0 bridgehead atoms. The highest BCUT2D eigenvalue weighted by Gasteiger charge is 2.05. The maximum Gasteiger partial charge on any atom is 0.259 e. The van der Waals surface area contributed by atoms with Gasteiger partial charge in [-0.2, -0.15) is 0 Å². The van der Waals surface area contributed by atoms with Crippen molar-refractivity contribution in [3.8, 4) is 5.75 Å². The molecule has 1 amide bonds. The Kier molecular flexibility index (Phi) is 8.69. The molecular weight excluding hydrogens is 371 g/mol. The highest BCUT2D eigenvalue weighted by Crippen LogP contribution is 2.13. The van der Waals surface area contributed by atoms with Gasteiger partial charge >= 0.3 is 0 Å². The summed E-state index contributed by atoms with van der Waals surface area (Å²) in [7, 11) is 5.01. The van der Waals surface area contributed by atoms with Crippen molar-refractivity contribution in [1.29, 1.82) is 0 Å². The summed E-state index contributed by atoms with van der Waals surface area (Å²) in [4.78, 5) is 16.7. The van der Waals surface area contributed by atoms with Crippen LogP contribution in [0.5, 0.6) is 5.75 Å². The summed E-state index contributed by atoms with van der Waals surface area (Å²) in [6, 6.07) is 7.48. The first-order valence-electron chi connectivity index (χ1n) is 5.91. The van der Waals surface area contributed by atoms with Crippen LogP contribution >= 0.6 is 24.0 Å². The zero-order valence-corrected chi connectivity index (χ0v) is 14.3. The van der Waals surface area contributed by atoms with Crippen LogP contribution in [0.1, 0.15) is 5.56 Å². The van der Waals surface area contributed by atoms with Gasteiger partial charge in [-0.25, -0.2) is 0 Å². The lowest BCUT2D eigenvalue weighted by Gasteiger charge is -2.12. The fourth-order valence-electron chi connectivity index (χ4n) is 1.29. The molecule has 0 aliphatic heterocycles. The van der Waals surface area contributed by atoms with E-state index in [0.29, 0.717) is 18.3 Å². The zero-order chi connectivity index (χ0) is 14.3. The van der Waals surface area contributed by atoms with Gasteiger partial charge in [-0.15, -0.1) is 24.0 Å². The molecule has 0 atom stereocenters. The summed E-state index contributed by atoms with van der Waals surface area (Å²) >= 11 is 0. The number of nitrogens with zero attached hydrogens (tertiary/aromatic N) is 2. The number of rotatable bonds is 5. The number of nitrogens with one attached hydrogen (secondary N) is 1. The van der Waals surface area contributed by atoms with Crippen molar-refractivity contribution in [2.45, 2.75) is 6.54 Å². The maximum atomic E-state index is 11.4. The standard InChI is InChI=1S/C13H20N4O2.HI/c1-15-13(14)16-8-10-5-4-6-11(7-10)19-9-12(18)17(2)3;/h4-7H,8-9H2,1-3H3,(H3,14,15,16);1H. The third-order valence-electron chi connectivity index (χ3n) is 2.47. The molecule has 3 N–H and O–H groups in total. The van der Waals surface area contributed by atoms with E-state index in [2.05, 4.69) is 10.3 Å². The fraction of sp³-hybridized carbons (Fsp3) is 0.385. The number of guanidine groups is 1. The van der Waals surface area contributed by atoms with Gasteiger partial charge in [-0.1, -0.05) is 12.1 Å². The number of carbonyl (C=O) groups excluding carboxylic acids is 1. The summed E-state index contributed by atoms with van der Waals surface area (Å²) < 4.78 is 5.42. The van der Waals surface area contributed by atoms with Gasteiger partial charge in [0.2, 0.25) is 0 Å². The third kappa shape index (κ3) is 6.60. The predicted octanol–water partition coefficient (Wildman–Crippen LogP) is 0.806. The molecule has 1 aromatic rings. The first-order chi connectivity index (χ1) is 9.02. The quantitative estimate of drug-likeness (QED) is 0.442. The number of benzene rings is 1. The minimum Gasteiger partial charge on any atom is -0.484 e. The molecule has 112 valence electrons. The van der Waals surface area contributed by atoms with Crippen molar-refractivity contribution in [1.82, 2.24) is 10.2 Å². The first-order valence-corrected chi connectivity index (χ1v) is 5.91. The molecule has 6 nitrogen and oxygen atoms in total. The molecule has 1 rings (SSSR count). The van der Waals surface area contributed by atoms with Gasteiger partial charge in [0.15, 0.2) is 12.6 Å². The highest BCUT2D eigenvalue weighted by molar-refractivity contribution is 14.0. The van der Waals surface area contributed by atoms with Gasteiger partial charge in [-0.05, 0) is 17.7 Å². The molecule has 7 heteroatoms. The number of carbonyl (C=O) groups is 1. The largest absolute Gasteiger partial charge is 0.484 e. The summed E-state index contributed by atoms with van der Waals surface area (Å²) in [5.74, 6) is 0.960. The van der Waals surface area contributed by atoms with Crippen LogP contribution < -0.4 is 15.8 Å². The predicted molar refractivity (Wildman–Crippen MR) is 90.4 cm³/mol. The molecule has 0 spiro atoms. The molecule has 0 aliphatic carbocycles. The monoisotopic (exact) mass is 392 g/mol. The van der Waals surface area contributed by atoms with E-state index in [4.69, 9.17) is 10.5 Å². The molecule has 0 aliphatic rings. The number of halogens is 1. The van der Waals surface area contributed by atoms with Crippen molar-refractivity contribution in [3.63, 3.8) is 0 Å². The van der Waals surface area contributed by atoms with E-state index in [1.54, 1.807) is 21.1 Å². The smallest absolute Gasteiger partial charge is 0.259 e. The summed E-state index contributed by atoms with van der Waals surface area (Å²) in [5, 5.41) is 2.96. The van der Waals surface area contributed by atoms with Crippen LogP contribution in [0.15, 0.2) is 29.3 Å². The minimum atomic E-state index is -0.0779. The van der Waals surface area contributed by atoms with Crippen LogP contribution in [-0.2, 0) is 11.3 Å². The average Bonchev–Trinajstić information content (AvgIpc) is 2.42. The van der Waals surface area contributed by atoms with Gasteiger partial charge in [0.1, 0.15) is 5.75 Å². The molecule has 1 aromatic carbocycles. The average molecular weight is 392 g/mol. The second-order valence-corrected chi connectivity index (χ2v) is 4.19. The van der Waals surface area contributed by atoms with Crippen LogP contribution in [0, 0.1) is 0 Å². The zero-order valence-electron chi connectivity index (χ0n) is 11.9. The topological polar surface area (TPSA) is 80.0 Å². The second kappa shape index (κ2) is 9.40. The van der Waals surface area contributed by atoms with Gasteiger partial charge in [0.25, 0.3) is 5.91 Å². The third-order valence-corrected chi connectivity index (χ3v) is 2.47. The van der Waals surface area contributed by atoms with Gasteiger partial charge in [-0.3, -0.25) is 9.79 Å². The van der Waals surface area contributed by atoms with Crippen molar-refractivity contribution in [2.75, 3.05) is 27.7 Å². The molecular formula is C13H21IN4O2. The molecule has 0 fully saturated rings. The molecule has 0 unspecified atom stereocenters. The van der Waals surface area contributed by atoms with Gasteiger partial charge in [0, 0.05) is 27.7 Å². The summed E-state index contributed by atoms with van der Waals surface area (Å²) in [6.45, 7) is 0.588. The maximum absolute atomic E-state index is 11.4. The van der Waals surface area contributed by atoms with Crippen LogP contribution in [0.3, 0.4) is 0 Å². The second-order valence-electron chi connectivity index (χ2n) is 4.19. The highest BCUT2D eigenvalue weighted by atomic mass is 127. The van der Waals surface area contributed by atoms with E-state index >= 15 is 0 Å². The van der Waals surface area contributed by atoms with Crippen LogP contribution in [0.2, 0.25) is 0 Å². The molecule has 0 heterocycles. The van der Waals surface area contributed by atoms with Crippen LogP contribution in [-0.4, -0.2) is 44.5 Å². The van der Waals surface area contributed by atoms with E-state index in [9.17, 15) is 4.79 Å². The fourth-order valence-corrected chi connectivity index (χ4v) is 1.29. The summed E-state index contributed by atoms with van der Waals surface area (Å²) in [5.41, 5.74) is 6.55. The Balaban J connectivity index is 0.00000361. The van der Waals surface area contributed by atoms with Crippen molar-refractivity contribution in [3.05, 3.63) is 29.8 Å². The van der Waals surface area contributed by atoms with Gasteiger partial charge in [0.05, 0.1) is 0 Å². The Morgan fingerprint density at radius 1 is 1.45 bits per heavy atom. The van der Waals surface area contributed by atoms with Crippen LogP contribution in [0.25, 0.3) is 0 Å². The number of nitrogens with two attached hydrogens (primary N) is 1. The first kappa shape index (κ1) is 18.5. The lowest BCUT2D eigenvalue weighted by atomic mass is 10.2. The van der Waals surface area contributed by atoms with E-state index in [1.165, 1.54) is 4.90 Å². The lowest BCUT2D eigenvalue weighted by molar-refractivity contribution is -0.130. The molecule has 20 heavy (non-hydrogen) atoms. The Morgan fingerprint density at radius 3 is 2.75 bits per heavy atom. The van der Waals surface area contributed by atoms with Crippen LogP contribution in [0.4, 0.5) is 0 Å². The number of ether oxygens (including phenoxy) is 1. The number of amides is 1. The van der Waals surface area contributed by atoms with Gasteiger partial charge < -0.3 is 20.7 Å². The van der Waals surface area contributed by atoms with E-state index < -0.39 is 0 Å². The van der Waals surface area contributed by atoms with E-state index in [1.807, 2.05) is 24.3 Å². The van der Waals surface area contributed by atoms with E-state index in [-0.39, 0.29) is 36.5 Å².